The Labute approximate surface area is 96.9 Å². The second-order valence-electron chi connectivity index (χ2n) is 3.89. The SMILES string of the molecule is Cc1nc(C(=O)NC2C=CC(C(=O)O)C2)n[nH]1. The van der Waals surface area contributed by atoms with Gasteiger partial charge >= 0.3 is 5.97 Å². The lowest BCUT2D eigenvalue weighted by atomic mass is 10.1. The smallest absolute Gasteiger partial charge is 0.310 e. The van der Waals surface area contributed by atoms with Gasteiger partial charge in [0.1, 0.15) is 5.82 Å². The Morgan fingerprint density at radius 1 is 1.53 bits per heavy atom. The van der Waals surface area contributed by atoms with Crippen LogP contribution in [0.3, 0.4) is 0 Å². The van der Waals surface area contributed by atoms with Crippen molar-refractivity contribution in [3.63, 3.8) is 0 Å². The molecule has 0 radical (unpaired) electrons. The molecule has 2 unspecified atom stereocenters. The van der Waals surface area contributed by atoms with Gasteiger partial charge in [-0.25, -0.2) is 4.98 Å². The van der Waals surface area contributed by atoms with Crippen LogP contribution in [0.5, 0.6) is 0 Å². The third kappa shape index (κ3) is 2.49. The quantitative estimate of drug-likeness (QED) is 0.634. The van der Waals surface area contributed by atoms with Crippen molar-refractivity contribution in [2.24, 2.45) is 5.92 Å². The molecule has 0 aromatic carbocycles. The summed E-state index contributed by atoms with van der Waals surface area (Å²) >= 11 is 0. The summed E-state index contributed by atoms with van der Waals surface area (Å²) in [6, 6.07) is -0.276. The highest BCUT2D eigenvalue weighted by molar-refractivity contribution is 5.90. The molecule has 1 amide bonds. The van der Waals surface area contributed by atoms with Crippen molar-refractivity contribution in [1.29, 1.82) is 0 Å². The lowest BCUT2D eigenvalue weighted by molar-refractivity contribution is -0.140. The van der Waals surface area contributed by atoms with Gasteiger partial charge in [0.05, 0.1) is 5.92 Å². The van der Waals surface area contributed by atoms with Crippen LogP contribution >= 0.6 is 0 Å². The molecule has 1 aromatic rings. The van der Waals surface area contributed by atoms with Gasteiger partial charge in [-0.15, -0.1) is 5.10 Å². The van der Waals surface area contributed by atoms with Gasteiger partial charge in [-0.1, -0.05) is 12.2 Å². The Bertz CT molecular complexity index is 480. The molecule has 17 heavy (non-hydrogen) atoms. The van der Waals surface area contributed by atoms with E-state index in [2.05, 4.69) is 20.5 Å². The summed E-state index contributed by atoms with van der Waals surface area (Å²) in [6.45, 7) is 1.69. The van der Waals surface area contributed by atoms with Gasteiger partial charge in [-0.2, -0.15) is 0 Å². The van der Waals surface area contributed by atoms with E-state index in [1.807, 2.05) is 0 Å². The summed E-state index contributed by atoms with van der Waals surface area (Å²) < 4.78 is 0. The minimum atomic E-state index is -0.883. The zero-order chi connectivity index (χ0) is 12.4. The van der Waals surface area contributed by atoms with Crippen molar-refractivity contribution in [1.82, 2.24) is 20.5 Å². The molecule has 0 saturated carbocycles. The minimum Gasteiger partial charge on any atom is -0.481 e. The van der Waals surface area contributed by atoms with Crippen LogP contribution in [0.15, 0.2) is 12.2 Å². The van der Waals surface area contributed by atoms with Crippen molar-refractivity contribution < 1.29 is 14.7 Å². The second-order valence-corrected chi connectivity index (χ2v) is 3.89. The molecule has 1 aromatic heterocycles. The van der Waals surface area contributed by atoms with Crippen LogP contribution in [-0.4, -0.2) is 38.2 Å². The number of hydrogen-bond donors (Lipinski definition) is 3. The second kappa shape index (κ2) is 4.36. The van der Waals surface area contributed by atoms with Crippen molar-refractivity contribution in [3.8, 4) is 0 Å². The topological polar surface area (TPSA) is 108 Å². The van der Waals surface area contributed by atoms with Crippen LogP contribution in [0.2, 0.25) is 0 Å². The fraction of sp³-hybridized carbons (Fsp3) is 0.400. The number of aromatic nitrogens is 3. The molecule has 2 atom stereocenters. The number of hydrogen-bond acceptors (Lipinski definition) is 4. The monoisotopic (exact) mass is 236 g/mol. The summed E-state index contributed by atoms with van der Waals surface area (Å²) in [7, 11) is 0. The molecule has 2 rings (SSSR count). The number of H-pyrrole nitrogens is 1. The van der Waals surface area contributed by atoms with Crippen LogP contribution in [0.4, 0.5) is 0 Å². The zero-order valence-electron chi connectivity index (χ0n) is 9.17. The highest BCUT2D eigenvalue weighted by Crippen LogP contribution is 2.18. The number of rotatable bonds is 3. The fourth-order valence-corrected chi connectivity index (χ4v) is 1.67. The van der Waals surface area contributed by atoms with Crippen molar-refractivity contribution in [2.75, 3.05) is 0 Å². The van der Waals surface area contributed by atoms with E-state index in [1.165, 1.54) is 0 Å². The Morgan fingerprint density at radius 2 is 2.29 bits per heavy atom. The van der Waals surface area contributed by atoms with Gasteiger partial charge in [-0.3, -0.25) is 14.7 Å². The van der Waals surface area contributed by atoms with Crippen LogP contribution < -0.4 is 5.32 Å². The maximum Gasteiger partial charge on any atom is 0.310 e. The van der Waals surface area contributed by atoms with Crippen LogP contribution in [0, 0.1) is 12.8 Å². The summed E-state index contributed by atoms with van der Waals surface area (Å²) in [5.74, 6) is -1.20. The molecule has 7 nitrogen and oxygen atoms in total. The van der Waals surface area contributed by atoms with Crippen LogP contribution in [0.1, 0.15) is 22.9 Å². The fourth-order valence-electron chi connectivity index (χ4n) is 1.67. The molecule has 7 heteroatoms. The van der Waals surface area contributed by atoms with E-state index in [-0.39, 0.29) is 11.9 Å². The number of carbonyl (C=O) groups is 2. The number of aliphatic carboxylic acids is 1. The Hall–Kier alpha value is -2.18. The van der Waals surface area contributed by atoms with E-state index < -0.39 is 17.8 Å². The van der Waals surface area contributed by atoms with E-state index in [9.17, 15) is 9.59 Å². The van der Waals surface area contributed by atoms with Gasteiger partial charge in [0, 0.05) is 6.04 Å². The molecular formula is C10H12N4O3. The predicted octanol–water partition coefficient (Wildman–Crippen LogP) is -0.128. The summed E-state index contributed by atoms with van der Waals surface area (Å²) in [6.07, 6.45) is 3.62. The first-order valence-electron chi connectivity index (χ1n) is 5.17. The third-order valence-corrected chi connectivity index (χ3v) is 2.52. The van der Waals surface area contributed by atoms with E-state index in [0.29, 0.717) is 12.2 Å². The average Bonchev–Trinajstić information content (AvgIpc) is 2.86. The minimum absolute atomic E-state index is 0.0645. The maximum atomic E-state index is 11.7. The van der Waals surface area contributed by atoms with Gasteiger partial charge in [0.2, 0.25) is 5.82 Å². The highest BCUT2D eigenvalue weighted by atomic mass is 16.4. The molecule has 3 N–H and O–H groups in total. The van der Waals surface area contributed by atoms with Crippen LogP contribution in [-0.2, 0) is 4.79 Å². The van der Waals surface area contributed by atoms with Crippen molar-refractivity contribution in [3.05, 3.63) is 23.8 Å². The van der Waals surface area contributed by atoms with E-state index >= 15 is 0 Å². The number of aryl methyl sites for hydroxylation is 1. The van der Waals surface area contributed by atoms with Crippen LogP contribution in [0.25, 0.3) is 0 Å². The molecule has 0 saturated heterocycles. The molecule has 1 aliphatic carbocycles. The molecule has 1 aliphatic rings. The lowest BCUT2D eigenvalue weighted by Gasteiger charge is -2.10. The molecule has 90 valence electrons. The van der Waals surface area contributed by atoms with E-state index in [4.69, 9.17) is 5.11 Å². The first kappa shape index (κ1) is 11.3. The zero-order valence-corrected chi connectivity index (χ0v) is 9.17. The molecule has 0 aliphatic heterocycles. The Morgan fingerprint density at radius 3 is 2.82 bits per heavy atom. The van der Waals surface area contributed by atoms with Crippen molar-refractivity contribution >= 4 is 11.9 Å². The molecular weight excluding hydrogens is 224 g/mol. The summed E-state index contributed by atoms with van der Waals surface area (Å²) in [5.41, 5.74) is 0. The number of carbonyl (C=O) groups excluding carboxylic acids is 1. The van der Waals surface area contributed by atoms with Crippen molar-refractivity contribution in [2.45, 2.75) is 19.4 Å². The largest absolute Gasteiger partial charge is 0.481 e. The number of amides is 1. The highest BCUT2D eigenvalue weighted by Gasteiger charge is 2.26. The molecule has 0 bridgehead atoms. The van der Waals surface area contributed by atoms with Gasteiger partial charge < -0.3 is 10.4 Å². The third-order valence-electron chi connectivity index (χ3n) is 2.52. The standard InChI is InChI=1S/C10H12N4O3/c1-5-11-8(14-13-5)9(15)12-7-3-2-6(4-7)10(16)17/h2-3,6-7H,4H2,1H3,(H,12,15)(H,16,17)(H,11,13,14). The first-order valence-corrected chi connectivity index (χ1v) is 5.17. The summed E-state index contributed by atoms with van der Waals surface area (Å²) in [4.78, 5) is 26.3. The normalized spacial score (nSPS) is 22.6. The Kier molecular flexibility index (Phi) is 2.90. The van der Waals surface area contributed by atoms with E-state index in [1.54, 1.807) is 19.1 Å². The first-order chi connectivity index (χ1) is 8.06. The maximum absolute atomic E-state index is 11.7. The predicted molar refractivity (Wildman–Crippen MR) is 57.3 cm³/mol. The molecule has 0 fully saturated rings. The van der Waals surface area contributed by atoms with Gasteiger partial charge in [-0.05, 0) is 13.3 Å². The van der Waals surface area contributed by atoms with Gasteiger partial charge in [0.25, 0.3) is 5.91 Å². The number of nitrogens with one attached hydrogen (secondary N) is 2. The lowest BCUT2D eigenvalue weighted by Crippen LogP contribution is -2.34. The Balaban J connectivity index is 1.93. The number of nitrogens with zero attached hydrogens (tertiary/aromatic N) is 2. The molecule has 0 spiro atoms. The molecule has 1 heterocycles. The summed E-state index contributed by atoms with van der Waals surface area (Å²) in [5, 5.41) is 17.7. The number of aromatic amines is 1. The number of carboxylic acid groups (broad SMARTS) is 1. The average molecular weight is 236 g/mol. The number of carboxylic acids is 1. The van der Waals surface area contributed by atoms with E-state index in [0.717, 1.165) is 0 Å². The van der Waals surface area contributed by atoms with Gasteiger partial charge in [0.15, 0.2) is 0 Å².